The zero-order valence-corrected chi connectivity index (χ0v) is 11.7. The second kappa shape index (κ2) is 7.01. The number of aliphatic hydroxyl groups is 1. The summed E-state index contributed by atoms with van der Waals surface area (Å²) in [6.07, 6.45) is -0.427. The maximum absolute atomic E-state index is 10.00. The van der Waals surface area contributed by atoms with Crippen molar-refractivity contribution in [3.63, 3.8) is 0 Å². The van der Waals surface area contributed by atoms with Gasteiger partial charge in [0.2, 0.25) is 0 Å². The maximum Gasteiger partial charge on any atom is 0.0900 e. The highest BCUT2D eigenvalue weighted by atomic mass is 16.5. The molecule has 4 heteroatoms. The second-order valence-electron chi connectivity index (χ2n) is 5.19. The number of β-amino-alcohol motifs (C(OH)–C–C–N with tert-alkyl or cyclic N) is 1. The predicted molar refractivity (Wildman–Crippen MR) is 73.9 cm³/mol. The standard InChI is InChI=1S/C15H23NO3/c1-12(10-18-2)19-11-15(17)9-16-7-13-5-3-4-6-14(13)8-16/h3-6,12,15,17H,7-11H2,1-2H3. The van der Waals surface area contributed by atoms with Crippen molar-refractivity contribution in [2.45, 2.75) is 32.2 Å². The van der Waals surface area contributed by atoms with Crippen molar-refractivity contribution < 1.29 is 14.6 Å². The Morgan fingerprint density at radius 2 is 1.84 bits per heavy atom. The number of fused-ring (bicyclic) bond motifs is 1. The van der Waals surface area contributed by atoms with Crippen molar-refractivity contribution in [1.29, 1.82) is 0 Å². The van der Waals surface area contributed by atoms with Gasteiger partial charge in [-0.05, 0) is 18.1 Å². The van der Waals surface area contributed by atoms with Gasteiger partial charge in [-0.15, -0.1) is 0 Å². The van der Waals surface area contributed by atoms with Crippen LogP contribution in [0.5, 0.6) is 0 Å². The first-order chi connectivity index (χ1) is 9.19. The quantitative estimate of drug-likeness (QED) is 0.809. The normalized spacial score (nSPS) is 18.3. The Morgan fingerprint density at radius 1 is 1.21 bits per heavy atom. The monoisotopic (exact) mass is 265 g/mol. The smallest absolute Gasteiger partial charge is 0.0900 e. The molecule has 106 valence electrons. The number of nitrogens with zero attached hydrogens (tertiary/aromatic N) is 1. The van der Waals surface area contributed by atoms with E-state index in [-0.39, 0.29) is 6.10 Å². The molecule has 0 fully saturated rings. The molecule has 1 heterocycles. The van der Waals surface area contributed by atoms with Gasteiger partial charge in [-0.1, -0.05) is 24.3 Å². The Balaban J connectivity index is 1.71. The van der Waals surface area contributed by atoms with Crippen LogP contribution in [0.1, 0.15) is 18.1 Å². The summed E-state index contributed by atoms with van der Waals surface area (Å²) in [5.41, 5.74) is 2.73. The average Bonchev–Trinajstić information content (AvgIpc) is 2.78. The van der Waals surface area contributed by atoms with Gasteiger partial charge in [0.25, 0.3) is 0 Å². The number of ether oxygens (including phenoxy) is 2. The topological polar surface area (TPSA) is 41.9 Å². The minimum absolute atomic E-state index is 0.0235. The molecular weight excluding hydrogens is 242 g/mol. The third-order valence-electron chi connectivity index (χ3n) is 3.35. The fraction of sp³-hybridized carbons (Fsp3) is 0.600. The van der Waals surface area contributed by atoms with Gasteiger partial charge in [0.1, 0.15) is 0 Å². The Kier molecular flexibility index (Phi) is 5.34. The van der Waals surface area contributed by atoms with Gasteiger partial charge in [0.05, 0.1) is 25.4 Å². The summed E-state index contributed by atoms with van der Waals surface area (Å²) in [6.45, 7) is 5.34. The molecule has 0 bridgehead atoms. The summed E-state index contributed by atoms with van der Waals surface area (Å²) in [5, 5.41) is 10.00. The van der Waals surface area contributed by atoms with Crippen molar-refractivity contribution in [1.82, 2.24) is 4.90 Å². The van der Waals surface area contributed by atoms with E-state index >= 15 is 0 Å². The molecule has 2 atom stereocenters. The van der Waals surface area contributed by atoms with E-state index in [2.05, 4.69) is 29.2 Å². The lowest BCUT2D eigenvalue weighted by molar-refractivity contribution is -0.0400. The maximum atomic E-state index is 10.00. The van der Waals surface area contributed by atoms with Crippen LogP contribution in [0.25, 0.3) is 0 Å². The minimum atomic E-state index is -0.450. The highest BCUT2D eigenvalue weighted by Crippen LogP contribution is 2.22. The molecule has 0 amide bonds. The number of benzene rings is 1. The lowest BCUT2D eigenvalue weighted by Gasteiger charge is -2.21. The van der Waals surface area contributed by atoms with Crippen molar-refractivity contribution in [2.75, 3.05) is 26.9 Å². The summed E-state index contributed by atoms with van der Waals surface area (Å²) >= 11 is 0. The van der Waals surface area contributed by atoms with Gasteiger partial charge in [-0.2, -0.15) is 0 Å². The molecule has 0 aliphatic carbocycles. The van der Waals surface area contributed by atoms with Crippen LogP contribution in [-0.2, 0) is 22.6 Å². The molecule has 2 unspecified atom stereocenters. The van der Waals surface area contributed by atoms with Crippen molar-refractivity contribution in [2.24, 2.45) is 0 Å². The van der Waals surface area contributed by atoms with Crippen LogP contribution < -0.4 is 0 Å². The van der Waals surface area contributed by atoms with Gasteiger partial charge < -0.3 is 14.6 Å². The van der Waals surface area contributed by atoms with Crippen LogP contribution in [0.3, 0.4) is 0 Å². The third kappa shape index (κ3) is 4.28. The van der Waals surface area contributed by atoms with Gasteiger partial charge in [-0.3, -0.25) is 4.90 Å². The molecule has 0 radical (unpaired) electrons. The lowest BCUT2D eigenvalue weighted by atomic mass is 10.1. The van der Waals surface area contributed by atoms with E-state index in [0.29, 0.717) is 19.8 Å². The van der Waals surface area contributed by atoms with Crippen molar-refractivity contribution in [3.05, 3.63) is 35.4 Å². The Bertz CT molecular complexity index is 372. The van der Waals surface area contributed by atoms with Gasteiger partial charge >= 0.3 is 0 Å². The van der Waals surface area contributed by atoms with Crippen LogP contribution >= 0.6 is 0 Å². The zero-order valence-electron chi connectivity index (χ0n) is 11.7. The Hall–Kier alpha value is -0.940. The number of aliphatic hydroxyl groups excluding tert-OH is 1. The molecule has 4 nitrogen and oxygen atoms in total. The predicted octanol–water partition coefficient (Wildman–Crippen LogP) is 1.41. The highest BCUT2D eigenvalue weighted by Gasteiger charge is 2.20. The second-order valence-corrected chi connectivity index (χ2v) is 5.19. The first-order valence-electron chi connectivity index (χ1n) is 6.76. The molecule has 1 N–H and O–H groups in total. The molecule has 1 aliphatic heterocycles. The molecule has 2 rings (SSSR count). The SMILES string of the molecule is COCC(C)OCC(O)CN1Cc2ccccc2C1. The van der Waals surface area contributed by atoms with E-state index in [9.17, 15) is 5.11 Å². The van der Waals surface area contributed by atoms with E-state index in [0.717, 1.165) is 13.1 Å². The molecule has 1 aromatic rings. The molecule has 0 spiro atoms. The van der Waals surface area contributed by atoms with Crippen molar-refractivity contribution >= 4 is 0 Å². The Morgan fingerprint density at radius 3 is 2.42 bits per heavy atom. The highest BCUT2D eigenvalue weighted by molar-refractivity contribution is 5.30. The summed E-state index contributed by atoms with van der Waals surface area (Å²) in [6, 6.07) is 8.43. The molecular formula is C15H23NO3. The fourth-order valence-electron chi connectivity index (χ4n) is 2.44. The van der Waals surface area contributed by atoms with Crippen LogP contribution in [0.15, 0.2) is 24.3 Å². The van der Waals surface area contributed by atoms with Crippen molar-refractivity contribution in [3.8, 4) is 0 Å². The molecule has 1 aromatic carbocycles. The van der Waals surface area contributed by atoms with E-state index in [1.165, 1.54) is 11.1 Å². The van der Waals surface area contributed by atoms with Crippen LogP contribution in [-0.4, -0.2) is 49.1 Å². The first kappa shape index (κ1) is 14.5. The molecule has 0 aromatic heterocycles. The summed E-state index contributed by atoms with van der Waals surface area (Å²) in [5.74, 6) is 0. The number of hydrogen-bond donors (Lipinski definition) is 1. The van der Waals surface area contributed by atoms with Crippen LogP contribution in [0.4, 0.5) is 0 Å². The number of rotatable bonds is 7. The third-order valence-corrected chi connectivity index (χ3v) is 3.35. The molecule has 0 saturated carbocycles. The van der Waals surface area contributed by atoms with E-state index < -0.39 is 6.10 Å². The van der Waals surface area contributed by atoms with Crippen LogP contribution in [0, 0.1) is 0 Å². The largest absolute Gasteiger partial charge is 0.389 e. The van der Waals surface area contributed by atoms with E-state index in [1.54, 1.807) is 7.11 Å². The number of methoxy groups -OCH3 is 1. The van der Waals surface area contributed by atoms with Gasteiger partial charge in [-0.25, -0.2) is 0 Å². The number of hydrogen-bond acceptors (Lipinski definition) is 4. The van der Waals surface area contributed by atoms with E-state index in [1.807, 2.05) is 6.92 Å². The molecule has 1 aliphatic rings. The molecule has 19 heavy (non-hydrogen) atoms. The Labute approximate surface area is 114 Å². The summed E-state index contributed by atoms with van der Waals surface area (Å²) in [4.78, 5) is 2.25. The van der Waals surface area contributed by atoms with E-state index in [4.69, 9.17) is 9.47 Å². The fourth-order valence-corrected chi connectivity index (χ4v) is 2.44. The average molecular weight is 265 g/mol. The van der Waals surface area contributed by atoms with Crippen LogP contribution in [0.2, 0.25) is 0 Å². The summed E-state index contributed by atoms with van der Waals surface area (Å²) in [7, 11) is 1.65. The van der Waals surface area contributed by atoms with Gasteiger partial charge in [0, 0.05) is 26.7 Å². The zero-order chi connectivity index (χ0) is 13.7. The summed E-state index contributed by atoms with van der Waals surface area (Å²) < 4.78 is 10.5. The lowest BCUT2D eigenvalue weighted by Crippen LogP contribution is -2.33. The first-order valence-corrected chi connectivity index (χ1v) is 6.76. The van der Waals surface area contributed by atoms with Gasteiger partial charge in [0.15, 0.2) is 0 Å². The minimum Gasteiger partial charge on any atom is -0.389 e. The molecule has 0 saturated heterocycles.